The first kappa shape index (κ1) is 16.5. The predicted molar refractivity (Wildman–Crippen MR) is 88.0 cm³/mol. The van der Waals surface area contributed by atoms with Crippen LogP contribution in [0.25, 0.3) is 11.1 Å². The van der Waals surface area contributed by atoms with Gasteiger partial charge in [-0.2, -0.15) is 0 Å². The summed E-state index contributed by atoms with van der Waals surface area (Å²) in [5.74, 6) is 0. The number of nitrogens with two attached hydrogens (primary N) is 1. The van der Waals surface area contributed by atoms with Gasteiger partial charge in [-0.3, -0.25) is 0 Å². The molecule has 22 heavy (non-hydrogen) atoms. The molecule has 5 nitrogen and oxygen atoms in total. The van der Waals surface area contributed by atoms with Gasteiger partial charge < -0.3 is 10.5 Å². The minimum atomic E-state index is -3.49. The maximum absolute atomic E-state index is 12.1. The molecule has 0 aliphatic carbocycles. The number of nitrogens with one attached hydrogen (secondary N) is 1. The van der Waals surface area contributed by atoms with Crippen molar-refractivity contribution in [3.8, 4) is 11.1 Å². The summed E-state index contributed by atoms with van der Waals surface area (Å²) in [7, 11) is -1.90. The van der Waals surface area contributed by atoms with Crippen LogP contribution in [0.3, 0.4) is 0 Å². The Morgan fingerprint density at radius 1 is 1.09 bits per heavy atom. The molecule has 0 aromatic heterocycles. The fourth-order valence-electron chi connectivity index (χ4n) is 2.08. The number of sulfonamides is 1. The van der Waals surface area contributed by atoms with Gasteiger partial charge in [-0.05, 0) is 30.2 Å². The SMILES string of the molecule is COCCCNS(=O)(=O)c1ccc(-c2ccccc2N)cc1. The molecule has 0 amide bonds. The van der Waals surface area contributed by atoms with Crippen LogP contribution in [0.15, 0.2) is 53.4 Å². The van der Waals surface area contributed by atoms with E-state index in [-0.39, 0.29) is 4.90 Å². The lowest BCUT2D eigenvalue weighted by Crippen LogP contribution is -2.25. The third-order valence-electron chi connectivity index (χ3n) is 3.25. The Kier molecular flexibility index (Phi) is 5.54. The number of para-hydroxylation sites is 1. The summed E-state index contributed by atoms with van der Waals surface area (Å²) in [5, 5.41) is 0. The molecular weight excluding hydrogens is 300 g/mol. The fraction of sp³-hybridized carbons (Fsp3) is 0.250. The molecule has 0 saturated carbocycles. The van der Waals surface area contributed by atoms with Gasteiger partial charge in [-0.25, -0.2) is 13.1 Å². The van der Waals surface area contributed by atoms with Crippen molar-refractivity contribution in [1.29, 1.82) is 0 Å². The Morgan fingerprint density at radius 2 is 1.77 bits per heavy atom. The molecule has 0 saturated heterocycles. The van der Waals surface area contributed by atoms with Crippen molar-refractivity contribution < 1.29 is 13.2 Å². The highest BCUT2D eigenvalue weighted by Crippen LogP contribution is 2.26. The summed E-state index contributed by atoms with van der Waals surface area (Å²) < 4.78 is 31.7. The van der Waals surface area contributed by atoms with Crippen LogP contribution in [0.1, 0.15) is 6.42 Å². The number of nitrogen functional groups attached to an aromatic ring is 1. The molecule has 6 heteroatoms. The minimum absolute atomic E-state index is 0.239. The first-order chi connectivity index (χ1) is 10.5. The predicted octanol–water partition coefficient (Wildman–Crippen LogP) is 2.25. The molecule has 0 atom stereocenters. The minimum Gasteiger partial charge on any atom is -0.398 e. The Morgan fingerprint density at radius 3 is 2.41 bits per heavy atom. The fourth-order valence-corrected chi connectivity index (χ4v) is 3.15. The van der Waals surface area contributed by atoms with E-state index in [1.807, 2.05) is 24.3 Å². The lowest BCUT2D eigenvalue weighted by molar-refractivity contribution is 0.196. The second kappa shape index (κ2) is 7.40. The highest BCUT2D eigenvalue weighted by Gasteiger charge is 2.13. The van der Waals surface area contributed by atoms with Crippen LogP contribution in [0, 0.1) is 0 Å². The van der Waals surface area contributed by atoms with E-state index < -0.39 is 10.0 Å². The highest BCUT2D eigenvalue weighted by atomic mass is 32.2. The Balaban J connectivity index is 2.13. The van der Waals surface area contributed by atoms with Crippen molar-refractivity contribution in [2.24, 2.45) is 0 Å². The van der Waals surface area contributed by atoms with E-state index in [1.165, 1.54) is 0 Å². The normalized spacial score (nSPS) is 11.5. The second-order valence-corrected chi connectivity index (χ2v) is 6.62. The number of benzene rings is 2. The Bertz CT molecular complexity index is 712. The maximum atomic E-state index is 12.1. The molecule has 118 valence electrons. The van der Waals surface area contributed by atoms with Gasteiger partial charge in [0.2, 0.25) is 10.0 Å². The smallest absolute Gasteiger partial charge is 0.240 e. The van der Waals surface area contributed by atoms with Gasteiger partial charge in [0.05, 0.1) is 4.90 Å². The molecule has 2 rings (SSSR count). The average molecular weight is 320 g/mol. The first-order valence-electron chi connectivity index (χ1n) is 6.98. The average Bonchev–Trinajstić information content (AvgIpc) is 2.52. The van der Waals surface area contributed by atoms with E-state index >= 15 is 0 Å². The quantitative estimate of drug-likeness (QED) is 0.605. The standard InChI is InChI=1S/C16H20N2O3S/c1-21-12-4-11-18-22(19,20)14-9-7-13(8-10-14)15-5-2-3-6-16(15)17/h2-3,5-10,18H,4,11-12,17H2,1H3. The van der Waals surface area contributed by atoms with Gasteiger partial charge >= 0.3 is 0 Å². The number of methoxy groups -OCH3 is 1. The zero-order valence-electron chi connectivity index (χ0n) is 12.5. The van der Waals surface area contributed by atoms with Crippen molar-refractivity contribution >= 4 is 15.7 Å². The van der Waals surface area contributed by atoms with E-state index in [4.69, 9.17) is 10.5 Å². The maximum Gasteiger partial charge on any atom is 0.240 e. The van der Waals surface area contributed by atoms with E-state index in [2.05, 4.69) is 4.72 Å². The summed E-state index contributed by atoms with van der Waals surface area (Å²) >= 11 is 0. The molecule has 2 aromatic rings. The van der Waals surface area contributed by atoms with Gasteiger partial charge in [0, 0.05) is 31.5 Å². The number of ether oxygens (including phenoxy) is 1. The van der Waals surface area contributed by atoms with Gasteiger partial charge in [0.25, 0.3) is 0 Å². The van der Waals surface area contributed by atoms with Crippen LogP contribution in [-0.4, -0.2) is 28.7 Å². The van der Waals surface area contributed by atoms with Gasteiger partial charge in [-0.15, -0.1) is 0 Å². The van der Waals surface area contributed by atoms with Crippen molar-refractivity contribution in [2.45, 2.75) is 11.3 Å². The van der Waals surface area contributed by atoms with Crippen LogP contribution >= 0.6 is 0 Å². The molecule has 0 heterocycles. The third-order valence-corrected chi connectivity index (χ3v) is 4.73. The molecule has 0 unspecified atom stereocenters. The lowest BCUT2D eigenvalue weighted by atomic mass is 10.0. The molecule has 0 bridgehead atoms. The van der Waals surface area contributed by atoms with E-state index in [0.29, 0.717) is 25.3 Å². The van der Waals surface area contributed by atoms with Gasteiger partial charge in [-0.1, -0.05) is 30.3 Å². The Hall–Kier alpha value is -1.89. The number of rotatable bonds is 7. The van der Waals surface area contributed by atoms with E-state index in [9.17, 15) is 8.42 Å². The highest BCUT2D eigenvalue weighted by molar-refractivity contribution is 7.89. The molecule has 0 spiro atoms. The van der Waals surface area contributed by atoms with Crippen molar-refractivity contribution in [1.82, 2.24) is 4.72 Å². The van der Waals surface area contributed by atoms with Crippen LogP contribution in [0.5, 0.6) is 0 Å². The third kappa shape index (κ3) is 4.07. The van der Waals surface area contributed by atoms with Crippen LogP contribution in [0.2, 0.25) is 0 Å². The second-order valence-electron chi connectivity index (χ2n) is 4.86. The monoisotopic (exact) mass is 320 g/mol. The van der Waals surface area contributed by atoms with Crippen molar-refractivity contribution in [3.63, 3.8) is 0 Å². The molecule has 3 N–H and O–H groups in total. The molecule has 0 aliphatic rings. The van der Waals surface area contributed by atoms with E-state index in [1.54, 1.807) is 31.4 Å². The molecule has 0 fully saturated rings. The van der Waals surface area contributed by atoms with Crippen LogP contribution in [-0.2, 0) is 14.8 Å². The van der Waals surface area contributed by atoms with Gasteiger partial charge in [0.15, 0.2) is 0 Å². The number of hydrogen-bond donors (Lipinski definition) is 2. The van der Waals surface area contributed by atoms with E-state index in [0.717, 1.165) is 11.1 Å². The molecular formula is C16H20N2O3S. The zero-order valence-corrected chi connectivity index (χ0v) is 13.3. The zero-order chi connectivity index (χ0) is 16.0. The first-order valence-corrected chi connectivity index (χ1v) is 8.46. The topological polar surface area (TPSA) is 81.4 Å². The van der Waals surface area contributed by atoms with Crippen molar-refractivity contribution in [2.75, 3.05) is 26.0 Å². The summed E-state index contributed by atoms with van der Waals surface area (Å²) in [4.78, 5) is 0.239. The summed E-state index contributed by atoms with van der Waals surface area (Å²) in [6, 6.07) is 14.2. The van der Waals surface area contributed by atoms with Crippen LogP contribution < -0.4 is 10.5 Å². The van der Waals surface area contributed by atoms with Crippen LogP contribution in [0.4, 0.5) is 5.69 Å². The largest absolute Gasteiger partial charge is 0.398 e. The van der Waals surface area contributed by atoms with Crippen molar-refractivity contribution in [3.05, 3.63) is 48.5 Å². The summed E-state index contributed by atoms with van der Waals surface area (Å²) in [5.41, 5.74) is 8.36. The lowest BCUT2D eigenvalue weighted by Gasteiger charge is -2.09. The summed E-state index contributed by atoms with van der Waals surface area (Å²) in [6.45, 7) is 0.873. The molecule has 0 aliphatic heterocycles. The molecule has 0 radical (unpaired) electrons. The summed E-state index contributed by atoms with van der Waals surface area (Å²) in [6.07, 6.45) is 0.633. The van der Waals surface area contributed by atoms with Gasteiger partial charge in [0.1, 0.15) is 0 Å². The molecule has 2 aromatic carbocycles. The number of hydrogen-bond acceptors (Lipinski definition) is 4. The Labute approximate surface area is 131 Å². The number of anilines is 1.